The van der Waals surface area contributed by atoms with Crippen molar-refractivity contribution in [3.8, 4) is 0 Å². The highest BCUT2D eigenvalue weighted by molar-refractivity contribution is 5.97. The molecule has 4 heteroatoms. The van der Waals surface area contributed by atoms with E-state index in [-0.39, 0.29) is 5.91 Å². The third kappa shape index (κ3) is 4.72. The van der Waals surface area contributed by atoms with Gasteiger partial charge in [-0.2, -0.15) is 0 Å². The van der Waals surface area contributed by atoms with E-state index in [9.17, 15) is 9.59 Å². The fraction of sp³-hybridized carbons (Fsp3) is 0.364. The predicted molar refractivity (Wildman–Crippen MR) is 105 cm³/mol. The topological polar surface area (TPSA) is 55.4 Å². The lowest BCUT2D eigenvalue weighted by atomic mass is 9.97. The van der Waals surface area contributed by atoms with Gasteiger partial charge in [0.05, 0.1) is 5.56 Å². The van der Waals surface area contributed by atoms with Crippen molar-refractivity contribution < 1.29 is 14.3 Å². The number of amides is 1. The Hall–Kier alpha value is -2.62. The third-order valence-corrected chi connectivity index (χ3v) is 4.76. The van der Waals surface area contributed by atoms with E-state index in [2.05, 4.69) is 19.2 Å². The number of hydrogen-bond acceptors (Lipinski definition) is 3. The van der Waals surface area contributed by atoms with Crippen LogP contribution in [0.2, 0.25) is 0 Å². The molecule has 0 aliphatic heterocycles. The summed E-state index contributed by atoms with van der Waals surface area (Å²) in [5.74, 6) is -0.496. The van der Waals surface area contributed by atoms with Gasteiger partial charge >= 0.3 is 5.97 Å². The average molecular weight is 353 g/mol. The van der Waals surface area contributed by atoms with Gasteiger partial charge in [-0.25, -0.2) is 4.79 Å². The fourth-order valence-electron chi connectivity index (χ4n) is 2.65. The standard InChI is InChI=1S/C22H27NO3/c1-6-14(2)19-9-7-8-10-20(19)23-21(24)17(5)26-22(25)18-12-11-15(3)16(4)13-18/h7-14,17H,6H2,1-5H3,(H,23,24)/t14-,17+/m1/s1. The number of benzene rings is 2. The molecule has 0 fully saturated rings. The zero-order valence-electron chi connectivity index (χ0n) is 16.1. The lowest BCUT2D eigenvalue weighted by Crippen LogP contribution is -2.30. The van der Waals surface area contributed by atoms with E-state index in [1.54, 1.807) is 19.1 Å². The maximum absolute atomic E-state index is 12.5. The lowest BCUT2D eigenvalue weighted by molar-refractivity contribution is -0.123. The second-order valence-corrected chi connectivity index (χ2v) is 6.73. The molecule has 0 aromatic heterocycles. The maximum atomic E-state index is 12.5. The molecule has 0 saturated heterocycles. The van der Waals surface area contributed by atoms with Crippen LogP contribution in [0.4, 0.5) is 5.69 Å². The van der Waals surface area contributed by atoms with Crippen LogP contribution >= 0.6 is 0 Å². The molecular formula is C22H27NO3. The molecule has 2 aromatic rings. The monoisotopic (exact) mass is 353 g/mol. The Morgan fingerprint density at radius 3 is 2.38 bits per heavy atom. The van der Waals surface area contributed by atoms with Crippen molar-refractivity contribution in [3.63, 3.8) is 0 Å². The smallest absolute Gasteiger partial charge is 0.338 e. The number of nitrogens with one attached hydrogen (secondary N) is 1. The van der Waals surface area contributed by atoms with Gasteiger partial charge in [-0.15, -0.1) is 0 Å². The molecule has 0 radical (unpaired) electrons. The van der Waals surface area contributed by atoms with Gasteiger partial charge in [0.2, 0.25) is 0 Å². The van der Waals surface area contributed by atoms with E-state index >= 15 is 0 Å². The minimum atomic E-state index is -0.880. The molecule has 0 saturated carbocycles. The second kappa shape index (κ2) is 8.65. The molecular weight excluding hydrogens is 326 g/mol. The Morgan fingerprint density at radius 1 is 1.04 bits per heavy atom. The van der Waals surface area contributed by atoms with E-state index in [4.69, 9.17) is 4.74 Å². The van der Waals surface area contributed by atoms with Crippen molar-refractivity contribution >= 4 is 17.6 Å². The molecule has 1 amide bonds. The number of ether oxygens (including phenoxy) is 1. The van der Waals surface area contributed by atoms with Gasteiger partial charge in [0, 0.05) is 5.69 Å². The third-order valence-electron chi connectivity index (χ3n) is 4.76. The first kappa shape index (κ1) is 19.7. The largest absolute Gasteiger partial charge is 0.449 e. The van der Waals surface area contributed by atoms with Crippen LogP contribution in [0.25, 0.3) is 0 Å². The van der Waals surface area contributed by atoms with Crippen molar-refractivity contribution in [1.82, 2.24) is 0 Å². The minimum absolute atomic E-state index is 0.333. The summed E-state index contributed by atoms with van der Waals surface area (Å²) in [5, 5.41) is 2.89. The summed E-state index contributed by atoms with van der Waals surface area (Å²) in [6.45, 7) is 9.73. The molecule has 0 spiro atoms. The van der Waals surface area contributed by atoms with Gasteiger partial charge in [0.15, 0.2) is 6.10 Å². The molecule has 2 aromatic carbocycles. The Bertz CT molecular complexity index is 798. The molecule has 0 aliphatic rings. The molecule has 0 bridgehead atoms. The molecule has 26 heavy (non-hydrogen) atoms. The van der Waals surface area contributed by atoms with Gasteiger partial charge in [-0.3, -0.25) is 4.79 Å². The van der Waals surface area contributed by atoms with Crippen molar-refractivity contribution in [2.45, 2.75) is 53.1 Å². The number of esters is 1. The first-order chi connectivity index (χ1) is 12.3. The highest BCUT2D eigenvalue weighted by atomic mass is 16.5. The van der Waals surface area contributed by atoms with Crippen LogP contribution in [0.1, 0.15) is 60.2 Å². The number of aryl methyl sites for hydroxylation is 2. The number of anilines is 1. The average Bonchev–Trinajstić information content (AvgIpc) is 2.63. The normalized spacial score (nSPS) is 13.0. The van der Waals surface area contributed by atoms with Crippen LogP contribution < -0.4 is 5.32 Å². The summed E-state index contributed by atoms with van der Waals surface area (Å²) in [6.07, 6.45) is 0.0959. The summed E-state index contributed by atoms with van der Waals surface area (Å²) < 4.78 is 5.34. The van der Waals surface area contributed by atoms with Crippen LogP contribution in [0.15, 0.2) is 42.5 Å². The summed E-state index contributed by atoms with van der Waals surface area (Å²) in [6, 6.07) is 13.1. The number of carbonyl (C=O) groups excluding carboxylic acids is 2. The first-order valence-electron chi connectivity index (χ1n) is 9.01. The Morgan fingerprint density at radius 2 is 1.73 bits per heavy atom. The zero-order chi connectivity index (χ0) is 19.3. The molecule has 4 nitrogen and oxygen atoms in total. The Labute approximate surface area is 155 Å². The summed E-state index contributed by atoms with van der Waals surface area (Å²) in [5.41, 5.74) is 4.41. The molecule has 2 atom stereocenters. The van der Waals surface area contributed by atoms with E-state index in [1.165, 1.54) is 0 Å². The van der Waals surface area contributed by atoms with E-state index in [0.29, 0.717) is 11.5 Å². The Kier molecular flexibility index (Phi) is 6.56. The van der Waals surface area contributed by atoms with Crippen LogP contribution in [0.3, 0.4) is 0 Å². The first-order valence-corrected chi connectivity index (χ1v) is 9.01. The second-order valence-electron chi connectivity index (χ2n) is 6.73. The quantitative estimate of drug-likeness (QED) is 0.744. The number of para-hydroxylation sites is 1. The maximum Gasteiger partial charge on any atom is 0.338 e. The van der Waals surface area contributed by atoms with E-state index < -0.39 is 12.1 Å². The van der Waals surface area contributed by atoms with Gasteiger partial charge in [0.25, 0.3) is 5.91 Å². The highest BCUT2D eigenvalue weighted by Gasteiger charge is 2.20. The van der Waals surface area contributed by atoms with Crippen LogP contribution in [0.5, 0.6) is 0 Å². The molecule has 138 valence electrons. The van der Waals surface area contributed by atoms with Gasteiger partial charge in [-0.05, 0) is 68.0 Å². The number of carbonyl (C=O) groups is 2. The van der Waals surface area contributed by atoms with E-state index in [0.717, 1.165) is 28.8 Å². The van der Waals surface area contributed by atoms with Crippen molar-refractivity contribution in [3.05, 3.63) is 64.7 Å². The SMILES string of the molecule is CC[C@@H](C)c1ccccc1NC(=O)[C@H](C)OC(=O)c1ccc(C)c(C)c1. The summed E-state index contributed by atoms with van der Waals surface area (Å²) in [4.78, 5) is 24.8. The molecule has 1 N–H and O–H groups in total. The number of hydrogen-bond donors (Lipinski definition) is 1. The van der Waals surface area contributed by atoms with Crippen LogP contribution in [0, 0.1) is 13.8 Å². The zero-order valence-corrected chi connectivity index (χ0v) is 16.1. The lowest BCUT2D eigenvalue weighted by Gasteiger charge is -2.18. The van der Waals surface area contributed by atoms with Gasteiger partial charge in [-0.1, -0.05) is 38.1 Å². The van der Waals surface area contributed by atoms with Crippen LogP contribution in [-0.4, -0.2) is 18.0 Å². The highest BCUT2D eigenvalue weighted by Crippen LogP contribution is 2.26. The van der Waals surface area contributed by atoms with Crippen LogP contribution in [-0.2, 0) is 9.53 Å². The predicted octanol–water partition coefficient (Wildman–Crippen LogP) is 5.00. The molecule has 2 rings (SSSR count). The molecule has 0 unspecified atom stereocenters. The summed E-state index contributed by atoms with van der Waals surface area (Å²) >= 11 is 0. The van der Waals surface area contributed by atoms with Crippen molar-refractivity contribution in [2.24, 2.45) is 0 Å². The minimum Gasteiger partial charge on any atom is -0.449 e. The van der Waals surface area contributed by atoms with E-state index in [1.807, 2.05) is 44.2 Å². The van der Waals surface area contributed by atoms with Crippen molar-refractivity contribution in [1.29, 1.82) is 0 Å². The van der Waals surface area contributed by atoms with Crippen molar-refractivity contribution in [2.75, 3.05) is 5.32 Å². The Balaban J connectivity index is 2.06. The summed E-state index contributed by atoms with van der Waals surface area (Å²) in [7, 11) is 0. The molecule has 0 aliphatic carbocycles. The number of rotatable bonds is 6. The fourth-order valence-corrected chi connectivity index (χ4v) is 2.65. The van der Waals surface area contributed by atoms with Gasteiger partial charge < -0.3 is 10.1 Å². The molecule has 0 heterocycles. The van der Waals surface area contributed by atoms with Gasteiger partial charge in [0.1, 0.15) is 0 Å².